The van der Waals surface area contributed by atoms with E-state index >= 15 is 0 Å². The number of ether oxygens (including phenoxy) is 1. The molecule has 14 heavy (non-hydrogen) atoms. The quantitative estimate of drug-likeness (QED) is 0.532. The normalized spacial score (nSPS) is 10.6. The fourth-order valence-corrected chi connectivity index (χ4v) is 0.712. The lowest BCUT2D eigenvalue weighted by molar-refractivity contribution is -0.139. The second-order valence-corrected chi connectivity index (χ2v) is 2.75. The average Bonchev–Trinajstić information content (AvgIpc) is 2.17. The van der Waals surface area contributed by atoms with E-state index in [1.807, 2.05) is 0 Å². The molecule has 0 spiro atoms. The van der Waals surface area contributed by atoms with Crippen molar-refractivity contribution in [1.82, 2.24) is 5.32 Å². The topological polar surface area (TPSA) is 50.7 Å². The molecule has 0 atom stereocenters. The van der Waals surface area contributed by atoms with Crippen LogP contribution < -0.4 is 5.32 Å². The van der Waals surface area contributed by atoms with Gasteiger partial charge in [0, 0.05) is 12.8 Å². The lowest BCUT2D eigenvalue weighted by Crippen LogP contribution is -2.09. The lowest BCUT2D eigenvalue weighted by atomic mass is 10.1. The van der Waals surface area contributed by atoms with E-state index in [4.69, 9.17) is 0 Å². The molecule has 0 aliphatic rings. The molecule has 0 heterocycles. The standard InChI is InChI=1S/C10H16N2O2/c1-7(6-10(13)14-5)8(2)12-9(3)11-4/h11H,1,3,6H2,2,4-5H3. The van der Waals surface area contributed by atoms with Crippen molar-refractivity contribution in [3.8, 4) is 0 Å². The van der Waals surface area contributed by atoms with Gasteiger partial charge in [-0.1, -0.05) is 13.2 Å². The van der Waals surface area contributed by atoms with Crippen LogP contribution in [-0.2, 0) is 9.53 Å². The minimum atomic E-state index is -0.320. The maximum atomic E-state index is 10.9. The third kappa shape index (κ3) is 4.45. The fraction of sp³-hybridized carbons (Fsp3) is 0.400. The Labute approximate surface area is 84.4 Å². The molecule has 78 valence electrons. The van der Waals surface area contributed by atoms with Gasteiger partial charge in [-0.2, -0.15) is 0 Å². The van der Waals surface area contributed by atoms with E-state index in [-0.39, 0.29) is 12.4 Å². The maximum absolute atomic E-state index is 10.9. The highest BCUT2D eigenvalue weighted by molar-refractivity contribution is 6.01. The highest BCUT2D eigenvalue weighted by Crippen LogP contribution is 2.04. The number of nitrogens with zero attached hydrogens (tertiary/aromatic N) is 1. The summed E-state index contributed by atoms with van der Waals surface area (Å²) in [4.78, 5) is 15.0. The smallest absolute Gasteiger partial charge is 0.310 e. The first kappa shape index (κ1) is 12.4. The van der Waals surface area contributed by atoms with E-state index in [9.17, 15) is 4.79 Å². The number of methoxy groups -OCH3 is 1. The Hall–Kier alpha value is -1.58. The Balaban J connectivity index is 4.32. The van der Waals surface area contributed by atoms with Crippen LogP contribution >= 0.6 is 0 Å². The molecule has 0 aromatic carbocycles. The van der Waals surface area contributed by atoms with Crippen LogP contribution in [-0.4, -0.2) is 25.8 Å². The molecule has 0 radical (unpaired) electrons. The van der Waals surface area contributed by atoms with Crippen LogP contribution in [0.3, 0.4) is 0 Å². The second-order valence-electron chi connectivity index (χ2n) is 2.75. The van der Waals surface area contributed by atoms with Gasteiger partial charge < -0.3 is 10.1 Å². The number of carbonyl (C=O) groups is 1. The molecule has 0 aliphatic carbocycles. The summed E-state index contributed by atoms with van der Waals surface area (Å²) in [6, 6.07) is 0. The molecule has 4 nitrogen and oxygen atoms in total. The molecule has 0 aliphatic heterocycles. The summed E-state index contributed by atoms with van der Waals surface area (Å²) in [6.45, 7) is 9.14. The van der Waals surface area contributed by atoms with Gasteiger partial charge in [0.05, 0.1) is 13.5 Å². The molecular weight excluding hydrogens is 180 g/mol. The van der Waals surface area contributed by atoms with Crippen LogP contribution in [0.4, 0.5) is 0 Å². The first-order valence-electron chi connectivity index (χ1n) is 4.18. The van der Waals surface area contributed by atoms with Crippen LogP contribution in [0, 0.1) is 0 Å². The van der Waals surface area contributed by atoms with Gasteiger partial charge in [0.2, 0.25) is 0 Å². The summed E-state index contributed by atoms with van der Waals surface area (Å²) in [5.74, 6) is 0.216. The summed E-state index contributed by atoms with van der Waals surface area (Å²) < 4.78 is 4.51. The number of carbonyl (C=O) groups excluding carboxylic acids is 1. The predicted octanol–water partition coefficient (Wildman–Crippen LogP) is 1.26. The summed E-state index contributed by atoms with van der Waals surface area (Å²) in [7, 11) is 3.07. The summed E-state index contributed by atoms with van der Waals surface area (Å²) in [5, 5.41) is 2.78. The van der Waals surface area contributed by atoms with E-state index < -0.39 is 0 Å². The molecule has 1 N–H and O–H groups in total. The molecule has 0 saturated carbocycles. The van der Waals surface area contributed by atoms with E-state index in [1.165, 1.54) is 7.11 Å². The Bertz CT molecular complexity index is 280. The van der Waals surface area contributed by atoms with Gasteiger partial charge in [-0.3, -0.25) is 4.79 Å². The van der Waals surface area contributed by atoms with Gasteiger partial charge in [-0.15, -0.1) is 0 Å². The Kier molecular flexibility index (Phi) is 5.29. The zero-order valence-corrected chi connectivity index (χ0v) is 8.89. The Morgan fingerprint density at radius 1 is 1.50 bits per heavy atom. The number of esters is 1. The largest absolute Gasteiger partial charge is 0.469 e. The first-order valence-corrected chi connectivity index (χ1v) is 4.18. The predicted molar refractivity (Wildman–Crippen MR) is 57.1 cm³/mol. The van der Waals surface area contributed by atoms with E-state index in [1.54, 1.807) is 14.0 Å². The molecule has 4 heteroatoms. The molecule has 0 aromatic heterocycles. The maximum Gasteiger partial charge on any atom is 0.310 e. The zero-order valence-electron chi connectivity index (χ0n) is 8.89. The van der Waals surface area contributed by atoms with Crippen LogP contribution in [0.5, 0.6) is 0 Å². The molecule has 0 unspecified atom stereocenters. The van der Waals surface area contributed by atoms with Gasteiger partial charge in [-0.25, -0.2) is 4.99 Å². The first-order chi connectivity index (χ1) is 6.51. The van der Waals surface area contributed by atoms with Crippen molar-refractivity contribution in [1.29, 1.82) is 0 Å². The van der Waals surface area contributed by atoms with Crippen molar-refractivity contribution in [3.05, 3.63) is 24.6 Å². The number of hydrogen-bond acceptors (Lipinski definition) is 4. The molecule has 0 saturated heterocycles. The highest BCUT2D eigenvalue weighted by atomic mass is 16.5. The van der Waals surface area contributed by atoms with Crippen molar-refractivity contribution >= 4 is 11.7 Å². The molecule has 0 fully saturated rings. The van der Waals surface area contributed by atoms with Crippen LogP contribution in [0.15, 0.2) is 29.5 Å². The van der Waals surface area contributed by atoms with Gasteiger partial charge >= 0.3 is 5.97 Å². The van der Waals surface area contributed by atoms with Crippen molar-refractivity contribution < 1.29 is 9.53 Å². The van der Waals surface area contributed by atoms with E-state index in [0.717, 1.165) is 0 Å². The fourth-order valence-electron chi connectivity index (χ4n) is 0.712. The van der Waals surface area contributed by atoms with Crippen LogP contribution in [0.1, 0.15) is 13.3 Å². The summed E-state index contributed by atoms with van der Waals surface area (Å²) in [5.41, 5.74) is 1.31. The zero-order chi connectivity index (χ0) is 11.1. The second kappa shape index (κ2) is 5.96. The highest BCUT2D eigenvalue weighted by Gasteiger charge is 2.06. The summed E-state index contributed by atoms with van der Waals surface area (Å²) in [6.07, 6.45) is 0.156. The van der Waals surface area contributed by atoms with Crippen molar-refractivity contribution in [2.24, 2.45) is 4.99 Å². The molecule has 0 aromatic rings. The van der Waals surface area contributed by atoms with Crippen LogP contribution in [0.25, 0.3) is 0 Å². The van der Waals surface area contributed by atoms with E-state index in [2.05, 4.69) is 28.2 Å². The molecule has 0 rings (SSSR count). The Morgan fingerprint density at radius 3 is 2.50 bits per heavy atom. The number of nitrogens with one attached hydrogen (secondary N) is 1. The van der Waals surface area contributed by atoms with E-state index in [0.29, 0.717) is 17.1 Å². The monoisotopic (exact) mass is 196 g/mol. The van der Waals surface area contributed by atoms with Gasteiger partial charge in [0.15, 0.2) is 0 Å². The number of hydrogen-bond donors (Lipinski definition) is 1. The lowest BCUT2D eigenvalue weighted by Gasteiger charge is -2.05. The third-order valence-corrected chi connectivity index (χ3v) is 1.69. The third-order valence-electron chi connectivity index (χ3n) is 1.69. The van der Waals surface area contributed by atoms with Crippen molar-refractivity contribution in [3.63, 3.8) is 0 Å². The molecular formula is C10H16N2O2. The minimum absolute atomic E-state index is 0.156. The van der Waals surface area contributed by atoms with Gasteiger partial charge in [0.1, 0.15) is 5.82 Å². The Morgan fingerprint density at radius 2 is 2.07 bits per heavy atom. The molecule has 0 amide bonds. The average molecular weight is 196 g/mol. The SMILES string of the molecule is C=C(N=C(C)C(=C)CC(=O)OC)NC. The van der Waals surface area contributed by atoms with Crippen LogP contribution in [0.2, 0.25) is 0 Å². The number of rotatable bonds is 5. The van der Waals surface area contributed by atoms with Crippen molar-refractivity contribution in [2.45, 2.75) is 13.3 Å². The van der Waals surface area contributed by atoms with Crippen molar-refractivity contribution in [2.75, 3.05) is 14.2 Å². The molecule has 0 bridgehead atoms. The van der Waals surface area contributed by atoms with Gasteiger partial charge in [0.25, 0.3) is 0 Å². The van der Waals surface area contributed by atoms with Gasteiger partial charge in [-0.05, 0) is 12.5 Å². The summed E-state index contributed by atoms with van der Waals surface area (Å²) >= 11 is 0. The number of aliphatic imine (C=N–C) groups is 1. The minimum Gasteiger partial charge on any atom is -0.469 e.